The van der Waals surface area contributed by atoms with Crippen molar-refractivity contribution >= 4 is 5.91 Å². The van der Waals surface area contributed by atoms with Crippen LogP contribution in [0.25, 0.3) is 0 Å². The van der Waals surface area contributed by atoms with Gasteiger partial charge in [0.25, 0.3) is 11.5 Å². The first-order valence-corrected chi connectivity index (χ1v) is 8.02. The lowest BCUT2D eigenvalue weighted by molar-refractivity contribution is 0.0929. The Morgan fingerprint density at radius 3 is 2.71 bits per heavy atom. The van der Waals surface area contributed by atoms with Crippen molar-refractivity contribution in [3.8, 4) is 0 Å². The number of hydrogen-bond acceptors (Lipinski definition) is 4. The first-order valence-electron chi connectivity index (χ1n) is 8.02. The van der Waals surface area contributed by atoms with E-state index in [1.807, 2.05) is 25.1 Å². The second-order valence-corrected chi connectivity index (χ2v) is 5.67. The standard InChI is InChI=1S/C18H23N3O3/c1-14(8-9-15-6-4-3-5-7-15)19-18(23)16-10-11-17(22)21(20-16)12-13-24-2/h3-7,10-11,14H,8-9,12-13H2,1-2H3,(H,19,23)/t14-/m1/s1. The molecule has 128 valence electrons. The van der Waals surface area contributed by atoms with E-state index in [4.69, 9.17) is 4.74 Å². The van der Waals surface area contributed by atoms with Gasteiger partial charge in [-0.05, 0) is 31.4 Å². The number of hydrogen-bond donors (Lipinski definition) is 1. The molecular formula is C18H23N3O3. The number of rotatable bonds is 8. The molecule has 2 rings (SSSR count). The fraction of sp³-hybridized carbons (Fsp3) is 0.389. The summed E-state index contributed by atoms with van der Waals surface area (Å²) in [5, 5.41) is 7.01. The van der Waals surface area contributed by atoms with Crippen molar-refractivity contribution in [2.45, 2.75) is 32.4 Å². The molecule has 6 heteroatoms. The van der Waals surface area contributed by atoms with Gasteiger partial charge < -0.3 is 10.1 Å². The lowest BCUT2D eigenvalue weighted by atomic mass is 10.1. The first kappa shape index (κ1) is 17.9. The molecule has 1 amide bonds. The lowest BCUT2D eigenvalue weighted by Gasteiger charge is -2.14. The maximum Gasteiger partial charge on any atom is 0.271 e. The molecule has 1 N–H and O–H groups in total. The molecule has 2 aromatic rings. The Morgan fingerprint density at radius 2 is 2.00 bits per heavy atom. The predicted octanol–water partition coefficient (Wildman–Crippen LogP) is 1.64. The van der Waals surface area contributed by atoms with Crippen LogP contribution < -0.4 is 10.9 Å². The Morgan fingerprint density at radius 1 is 1.25 bits per heavy atom. The van der Waals surface area contributed by atoms with Crippen molar-refractivity contribution in [3.05, 3.63) is 64.1 Å². The second-order valence-electron chi connectivity index (χ2n) is 5.67. The number of amides is 1. The van der Waals surface area contributed by atoms with Gasteiger partial charge in [0.05, 0.1) is 13.2 Å². The molecular weight excluding hydrogens is 306 g/mol. The molecule has 0 spiro atoms. The summed E-state index contributed by atoms with van der Waals surface area (Å²) in [4.78, 5) is 24.0. The van der Waals surface area contributed by atoms with Crippen LogP contribution in [0.15, 0.2) is 47.3 Å². The van der Waals surface area contributed by atoms with E-state index in [2.05, 4.69) is 22.5 Å². The molecule has 1 heterocycles. The Kier molecular flexibility index (Phi) is 6.69. The molecule has 6 nitrogen and oxygen atoms in total. The molecule has 0 aliphatic rings. The van der Waals surface area contributed by atoms with Gasteiger partial charge in [0.1, 0.15) is 5.69 Å². The molecule has 0 aliphatic heterocycles. The van der Waals surface area contributed by atoms with Crippen LogP contribution in [0.4, 0.5) is 0 Å². The van der Waals surface area contributed by atoms with Gasteiger partial charge in [-0.3, -0.25) is 9.59 Å². The summed E-state index contributed by atoms with van der Waals surface area (Å²) in [6.45, 7) is 2.65. The molecule has 0 saturated heterocycles. The minimum absolute atomic E-state index is 0.0128. The summed E-state index contributed by atoms with van der Waals surface area (Å²) in [7, 11) is 1.55. The Balaban J connectivity index is 1.92. The maximum atomic E-state index is 12.3. The SMILES string of the molecule is COCCn1nc(C(=O)N[C@H](C)CCc2ccccc2)ccc1=O. The zero-order valence-electron chi connectivity index (χ0n) is 14.1. The van der Waals surface area contributed by atoms with Crippen molar-refractivity contribution < 1.29 is 9.53 Å². The largest absolute Gasteiger partial charge is 0.383 e. The molecule has 0 saturated carbocycles. The van der Waals surface area contributed by atoms with Gasteiger partial charge in [-0.2, -0.15) is 5.10 Å². The number of methoxy groups -OCH3 is 1. The summed E-state index contributed by atoms with van der Waals surface area (Å²) in [5.74, 6) is -0.276. The number of ether oxygens (including phenoxy) is 1. The lowest BCUT2D eigenvalue weighted by Crippen LogP contribution is -2.35. The average Bonchev–Trinajstić information content (AvgIpc) is 2.60. The van der Waals surface area contributed by atoms with Gasteiger partial charge >= 0.3 is 0 Å². The Hall–Kier alpha value is -2.47. The molecule has 1 atom stereocenters. The Labute approximate surface area is 141 Å². The van der Waals surface area contributed by atoms with E-state index in [0.717, 1.165) is 12.8 Å². The zero-order chi connectivity index (χ0) is 17.4. The highest BCUT2D eigenvalue weighted by atomic mass is 16.5. The number of aryl methyl sites for hydroxylation is 1. The predicted molar refractivity (Wildman–Crippen MR) is 92.1 cm³/mol. The van der Waals surface area contributed by atoms with Crippen LogP contribution in [-0.2, 0) is 17.7 Å². The van der Waals surface area contributed by atoms with Gasteiger partial charge in [-0.15, -0.1) is 0 Å². The van der Waals surface area contributed by atoms with E-state index in [1.165, 1.54) is 22.4 Å². The average molecular weight is 329 g/mol. The van der Waals surface area contributed by atoms with E-state index in [1.54, 1.807) is 7.11 Å². The first-order chi connectivity index (χ1) is 11.6. The van der Waals surface area contributed by atoms with E-state index < -0.39 is 0 Å². The molecule has 1 aromatic heterocycles. The number of nitrogens with zero attached hydrogens (tertiary/aromatic N) is 2. The van der Waals surface area contributed by atoms with Crippen molar-refractivity contribution in [2.75, 3.05) is 13.7 Å². The van der Waals surface area contributed by atoms with Crippen molar-refractivity contribution in [2.24, 2.45) is 0 Å². The van der Waals surface area contributed by atoms with Crippen LogP contribution in [0.5, 0.6) is 0 Å². The molecule has 24 heavy (non-hydrogen) atoms. The molecule has 0 unspecified atom stereocenters. The summed E-state index contributed by atoms with van der Waals surface area (Å²) in [5.41, 5.74) is 1.22. The summed E-state index contributed by atoms with van der Waals surface area (Å²) in [6, 6.07) is 13.0. The van der Waals surface area contributed by atoms with Crippen LogP contribution in [0.3, 0.4) is 0 Å². The minimum Gasteiger partial charge on any atom is -0.383 e. The van der Waals surface area contributed by atoms with Gasteiger partial charge in [0, 0.05) is 19.2 Å². The van der Waals surface area contributed by atoms with E-state index in [9.17, 15) is 9.59 Å². The van der Waals surface area contributed by atoms with E-state index >= 15 is 0 Å². The number of carbonyl (C=O) groups is 1. The highest BCUT2D eigenvalue weighted by Gasteiger charge is 2.12. The molecule has 0 bridgehead atoms. The summed E-state index contributed by atoms with van der Waals surface area (Å²) >= 11 is 0. The number of benzene rings is 1. The minimum atomic E-state index is -0.276. The zero-order valence-corrected chi connectivity index (χ0v) is 14.1. The maximum absolute atomic E-state index is 12.3. The number of nitrogens with one attached hydrogen (secondary N) is 1. The van der Waals surface area contributed by atoms with Crippen molar-refractivity contribution in [3.63, 3.8) is 0 Å². The topological polar surface area (TPSA) is 73.2 Å². The van der Waals surface area contributed by atoms with Crippen LogP contribution >= 0.6 is 0 Å². The second kappa shape index (κ2) is 8.98. The van der Waals surface area contributed by atoms with Crippen LogP contribution in [-0.4, -0.2) is 35.4 Å². The smallest absolute Gasteiger partial charge is 0.271 e. The summed E-state index contributed by atoms with van der Waals surface area (Å²) < 4.78 is 6.18. The third-order valence-electron chi connectivity index (χ3n) is 3.69. The third kappa shape index (κ3) is 5.31. The quantitative estimate of drug-likeness (QED) is 0.799. The Bertz CT molecular complexity index is 713. The van der Waals surface area contributed by atoms with Crippen LogP contribution in [0.2, 0.25) is 0 Å². The molecule has 1 aromatic carbocycles. The highest BCUT2D eigenvalue weighted by Crippen LogP contribution is 2.05. The van der Waals surface area contributed by atoms with Gasteiger partial charge in [0.2, 0.25) is 0 Å². The molecule has 0 aliphatic carbocycles. The van der Waals surface area contributed by atoms with Gasteiger partial charge in [-0.1, -0.05) is 30.3 Å². The highest BCUT2D eigenvalue weighted by molar-refractivity contribution is 5.92. The van der Waals surface area contributed by atoms with Gasteiger partial charge in [-0.25, -0.2) is 4.68 Å². The molecule has 0 fully saturated rings. The number of carbonyl (C=O) groups excluding carboxylic acids is 1. The molecule has 0 radical (unpaired) electrons. The van der Waals surface area contributed by atoms with E-state index in [-0.39, 0.29) is 23.2 Å². The van der Waals surface area contributed by atoms with E-state index in [0.29, 0.717) is 13.2 Å². The number of aromatic nitrogens is 2. The fourth-order valence-corrected chi connectivity index (χ4v) is 2.31. The van der Waals surface area contributed by atoms with Crippen molar-refractivity contribution in [1.29, 1.82) is 0 Å². The van der Waals surface area contributed by atoms with Crippen LogP contribution in [0.1, 0.15) is 29.4 Å². The summed E-state index contributed by atoms with van der Waals surface area (Å²) in [6.07, 6.45) is 1.72. The van der Waals surface area contributed by atoms with Crippen LogP contribution in [0, 0.1) is 0 Å². The monoisotopic (exact) mass is 329 g/mol. The third-order valence-corrected chi connectivity index (χ3v) is 3.69. The van der Waals surface area contributed by atoms with Crippen molar-refractivity contribution in [1.82, 2.24) is 15.1 Å². The fourth-order valence-electron chi connectivity index (χ4n) is 2.31. The van der Waals surface area contributed by atoms with Gasteiger partial charge in [0.15, 0.2) is 0 Å². The normalized spacial score (nSPS) is 11.9.